The lowest BCUT2D eigenvalue weighted by molar-refractivity contribution is 0.0377. The molecule has 0 aliphatic carbocycles. The van der Waals surface area contributed by atoms with Crippen LogP contribution in [0.1, 0.15) is 6.42 Å². The Kier molecular flexibility index (Phi) is 3.22. The molecule has 0 bridgehead atoms. The van der Waals surface area contributed by atoms with Crippen molar-refractivity contribution in [1.29, 1.82) is 0 Å². The molecule has 0 amide bonds. The van der Waals surface area contributed by atoms with Gasteiger partial charge in [0.15, 0.2) is 16.5 Å². The van der Waals surface area contributed by atoms with Crippen molar-refractivity contribution >= 4 is 24.7 Å². The summed E-state index contributed by atoms with van der Waals surface area (Å²) in [4.78, 5) is 41.2. The molecule has 10 nitrogen and oxygen atoms in total. The maximum absolute atomic E-state index is 11.9. The fraction of sp³-hybridized carbons (Fsp3) is 0.364. The van der Waals surface area contributed by atoms with E-state index < -0.39 is 18.5 Å². The predicted octanol–water partition coefficient (Wildman–Crippen LogP) is -0.448. The SMILES string of the molecule is C=C1CO[C@@](Cn2cnc3c(=O)[nH]c(N)nc32)(P(=O)(O)O)C1. The van der Waals surface area contributed by atoms with Crippen LogP contribution in [0.15, 0.2) is 23.3 Å². The smallest absolute Gasteiger partial charge is 0.359 e. The van der Waals surface area contributed by atoms with Gasteiger partial charge in [-0.25, -0.2) is 4.98 Å². The van der Waals surface area contributed by atoms with E-state index in [-0.39, 0.29) is 36.7 Å². The average Bonchev–Trinajstić information content (AvgIpc) is 2.95. The van der Waals surface area contributed by atoms with Gasteiger partial charge in [0.2, 0.25) is 5.95 Å². The molecule has 0 unspecified atom stereocenters. The Bertz CT molecular complexity index is 867. The molecule has 1 aliphatic heterocycles. The quantitative estimate of drug-likeness (QED) is 0.436. The van der Waals surface area contributed by atoms with Gasteiger partial charge in [-0.2, -0.15) is 4.98 Å². The summed E-state index contributed by atoms with van der Waals surface area (Å²) in [6.07, 6.45) is 1.28. The number of hydrogen-bond donors (Lipinski definition) is 4. The first kappa shape index (κ1) is 14.9. The summed E-state index contributed by atoms with van der Waals surface area (Å²) in [5.74, 6) is -0.110. The number of nitrogens with one attached hydrogen (secondary N) is 1. The normalized spacial score (nSPS) is 22.5. The van der Waals surface area contributed by atoms with Crippen molar-refractivity contribution in [3.63, 3.8) is 0 Å². The monoisotopic (exact) mass is 327 g/mol. The molecule has 1 aliphatic rings. The number of nitrogens with two attached hydrogens (primary N) is 1. The standard InChI is InChI=1S/C11H14N5O5P/c1-6-2-11(21-3-6,22(18,19)20)4-16-5-13-7-8(16)14-10(12)15-9(7)17/h5H,1-4H2,(H2,18,19,20)(H3,12,14,15,17)/t11-/m1/s1. The molecule has 1 saturated heterocycles. The summed E-state index contributed by atoms with van der Waals surface area (Å²) < 4.78 is 18.6. The second kappa shape index (κ2) is 4.75. The third-order valence-electron chi connectivity index (χ3n) is 3.51. The predicted molar refractivity (Wildman–Crippen MR) is 77.0 cm³/mol. The molecule has 1 atom stereocenters. The molecule has 3 rings (SSSR count). The second-order valence-corrected chi connectivity index (χ2v) is 7.10. The first-order chi connectivity index (χ1) is 10.2. The van der Waals surface area contributed by atoms with Crippen LogP contribution in [0.2, 0.25) is 0 Å². The number of H-pyrrole nitrogens is 1. The van der Waals surface area contributed by atoms with Gasteiger partial charge in [0.1, 0.15) is 0 Å². The lowest BCUT2D eigenvalue weighted by atomic mass is 10.2. The van der Waals surface area contributed by atoms with Crippen molar-refractivity contribution in [3.8, 4) is 0 Å². The van der Waals surface area contributed by atoms with Gasteiger partial charge in [-0.1, -0.05) is 6.58 Å². The third-order valence-corrected chi connectivity index (χ3v) is 5.00. The van der Waals surface area contributed by atoms with E-state index in [4.69, 9.17) is 10.5 Å². The summed E-state index contributed by atoms with van der Waals surface area (Å²) in [5.41, 5.74) is 5.72. The van der Waals surface area contributed by atoms with Gasteiger partial charge in [-0.15, -0.1) is 0 Å². The average molecular weight is 327 g/mol. The van der Waals surface area contributed by atoms with E-state index in [9.17, 15) is 19.1 Å². The minimum Gasteiger partial charge on any atom is -0.369 e. The molecular formula is C11H14N5O5P. The number of aromatic nitrogens is 4. The number of aromatic amines is 1. The highest BCUT2D eigenvalue weighted by atomic mass is 31.2. The minimum atomic E-state index is -4.60. The molecule has 3 heterocycles. The molecule has 0 spiro atoms. The highest BCUT2D eigenvalue weighted by Crippen LogP contribution is 2.57. The molecule has 0 saturated carbocycles. The van der Waals surface area contributed by atoms with Crippen molar-refractivity contribution in [2.45, 2.75) is 18.3 Å². The van der Waals surface area contributed by atoms with E-state index in [1.807, 2.05) is 0 Å². The van der Waals surface area contributed by atoms with Crippen LogP contribution < -0.4 is 11.3 Å². The van der Waals surface area contributed by atoms with E-state index in [1.54, 1.807) is 0 Å². The number of anilines is 1. The Labute approximate surface area is 123 Å². The Morgan fingerprint density at radius 1 is 1.59 bits per heavy atom. The highest BCUT2D eigenvalue weighted by Gasteiger charge is 2.52. The number of rotatable bonds is 3. The Hall–Kier alpha value is -2.00. The Morgan fingerprint density at radius 2 is 2.32 bits per heavy atom. The highest BCUT2D eigenvalue weighted by molar-refractivity contribution is 7.53. The zero-order chi connectivity index (χ0) is 16.1. The summed E-state index contributed by atoms with van der Waals surface area (Å²) in [6, 6.07) is 0. The van der Waals surface area contributed by atoms with Crippen LogP contribution in [-0.4, -0.2) is 41.3 Å². The van der Waals surface area contributed by atoms with Crippen LogP contribution in [0.25, 0.3) is 11.2 Å². The van der Waals surface area contributed by atoms with Crippen molar-refractivity contribution in [3.05, 3.63) is 28.8 Å². The van der Waals surface area contributed by atoms with E-state index in [0.717, 1.165) is 0 Å². The van der Waals surface area contributed by atoms with Crippen molar-refractivity contribution in [2.24, 2.45) is 0 Å². The van der Waals surface area contributed by atoms with E-state index >= 15 is 0 Å². The van der Waals surface area contributed by atoms with Crippen LogP contribution >= 0.6 is 7.60 Å². The zero-order valence-electron chi connectivity index (χ0n) is 11.4. The first-order valence-electron chi connectivity index (χ1n) is 6.29. The maximum atomic E-state index is 11.9. The fourth-order valence-corrected chi connectivity index (χ4v) is 3.46. The second-order valence-electron chi connectivity index (χ2n) is 5.20. The van der Waals surface area contributed by atoms with Gasteiger partial charge in [-0.05, 0) is 5.57 Å². The molecule has 118 valence electrons. The number of ether oxygens (including phenoxy) is 1. The molecular weight excluding hydrogens is 313 g/mol. The van der Waals surface area contributed by atoms with Crippen LogP contribution in [0, 0.1) is 0 Å². The topological polar surface area (TPSA) is 156 Å². The van der Waals surface area contributed by atoms with Crippen LogP contribution in [0.5, 0.6) is 0 Å². The van der Waals surface area contributed by atoms with Crippen LogP contribution in [-0.2, 0) is 15.8 Å². The summed E-state index contributed by atoms with van der Waals surface area (Å²) in [6.45, 7) is 3.54. The molecule has 22 heavy (non-hydrogen) atoms. The van der Waals surface area contributed by atoms with E-state index in [2.05, 4.69) is 21.5 Å². The van der Waals surface area contributed by atoms with Crippen molar-refractivity contribution in [1.82, 2.24) is 19.5 Å². The summed E-state index contributed by atoms with van der Waals surface area (Å²) >= 11 is 0. The van der Waals surface area contributed by atoms with Gasteiger partial charge >= 0.3 is 7.60 Å². The largest absolute Gasteiger partial charge is 0.369 e. The van der Waals surface area contributed by atoms with Gasteiger partial charge in [0.25, 0.3) is 5.56 Å². The third kappa shape index (κ3) is 2.26. The summed E-state index contributed by atoms with van der Waals surface area (Å²) in [5, 5.41) is -1.74. The Balaban J connectivity index is 2.10. The zero-order valence-corrected chi connectivity index (χ0v) is 12.3. The van der Waals surface area contributed by atoms with Crippen molar-refractivity contribution in [2.75, 3.05) is 12.3 Å². The number of hydrogen-bond acceptors (Lipinski definition) is 6. The fourth-order valence-electron chi connectivity index (χ4n) is 2.46. The number of nitrogens with zero attached hydrogens (tertiary/aromatic N) is 3. The van der Waals surface area contributed by atoms with E-state index in [0.29, 0.717) is 5.57 Å². The van der Waals surface area contributed by atoms with Gasteiger partial charge < -0.3 is 24.8 Å². The van der Waals surface area contributed by atoms with Crippen molar-refractivity contribution < 1.29 is 19.1 Å². The number of fused-ring (bicyclic) bond motifs is 1. The lowest BCUT2D eigenvalue weighted by Gasteiger charge is -2.29. The molecule has 2 aromatic rings. The van der Waals surface area contributed by atoms with Crippen LogP contribution in [0.3, 0.4) is 0 Å². The molecule has 5 N–H and O–H groups in total. The number of nitrogen functional groups attached to an aromatic ring is 1. The molecule has 1 fully saturated rings. The van der Waals surface area contributed by atoms with Crippen LogP contribution in [0.4, 0.5) is 5.95 Å². The maximum Gasteiger partial charge on any atom is 0.359 e. The first-order valence-corrected chi connectivity index (χ1v) is 7.90. The van der Waals surface area contributed by atoms with Gasteiger partial charge in [0, 0.05) is 6.42 Å². The summed E-state index contributed by atoms with van der Waals surface area (Å²) in [7, 11) is -4.60. The molecule has 11 heteroatoms. The minimum absolute atomic E-state index is 0.00955. The number of imidazole rings is 1. The molecule has 0 radical (unpaired) electrons. The Morgan fingerprint density at radius 3 is 2.91 bits per heavy atom. The lowest BCUT2D eigenvalue weighted by Crippen LogP contribution is -2.33. The van der Waals surface area contributed by atoms with Gasteiger partial charge in [-0.3, -0.25) is 14.3 Å². The van der Waals surface area contributed by atoms with Gasteiger partial charge in [0.05, 0.1) is 19.5 Å². The van der Waals surface area contributed by atoms with E-state index in [1.165, 1.54) is 10.9 Å². The molecule has 2 aromatic heterocycles. The molecule has 0 aromatic carbocycles.